The van der Waals surface area contributed by atoms with Crippen molar-refractivity contribution in [3.63, 3.8) is 0 Å². The summed E-state index contributed by atoms with van der Waals surface area (Å²) in [6, 6.07) is -1.04. The van der Waals surface area contributed by atoms with Crippen molar-refractivity contribution in [2.24, 2.45) is 5.92 Å². The molecular formula is C14H21N3O3S. The predicted octanol–water partition coefficient (Wildman–Crippen LogP) is 2.10. The molecule has 2 rings (SSSR count). The number of piperidine rings is 1. The van der Waals surface area contributed by atoms with Gasteiger partial charge in [0.05, 0.1) is 6.54 Å². The van der Waals surface area contributed by atoms with Crippen LogP contribution >= 0.6 is 11.3 Å². The molecule has 1 aromatic heterocycles. The minimum atomic E-state index is -0.931. The third kappa shape index (κ3) is 3.93. The highest BCUT2D eigenvalue weighted by molar-refractivity contribution is 7.11. The highest BCUT2D eigenvalue weighted by Gasteiger charge is 2.34. The van der Waals surface area contributed by atoms with Crippen LogP contribution in [0.1, 0.15) is 36.6 Å². The molecule has 1 aliphatic rings. The Labute approximate surface area is 128 Å². The molecule has 0 aromatic carbocycles. The number of carboxylic acids is 1. The van der Waals surface area contributed by atoms with E-state index in [4.69, 9.17) is 0 Å². The van der Waals surface area contributed by atoms with Crippen LogP contribution in [-0.4, -0.2) is 39.6 Å². The highest BCUT2D eigenvalue weighted by Crippen LogP contribution is 2.23. The molecule has 1 saturated heterocycles. The number of likely N-dealkylation sites (tertiary alicyclic amines) is 1. The molecular weight excluding hydrogens is 290 g/mol. The minimum Gasteiger partial charge on any atom is -0.480 e. The van der Waals surface area contributed by atoms with Crippen molar-refractivity contribution in [1.82, 2.24) is 15.2 Å². The summed E-state index contributed by atoms with van der Waals surface area (Å²) in [6.45, 7) is 4.92. The van der Waals surface area contributed by atoms with E-state index in [9.17, 15) is 14.7 Å². The van der Waals surface area contributed by atoms with Gasteiger partial charge in [0.2, 0.25) is 0 Å². The lowest BCUT2D eigenvalue weighted by Crippen LogP contribution is -2.53. The topological polar surface area (TPSA) is 82.5 Å². The maximum atomic E-state index is 12.2. The molecule has 6 nitrogen and oxygen atoms in total. The summed E-state index contributed by atoms with van der Waals surface area (Å²) in [6.07, 6.45) is 4.10. The summed E-state index contributed by atoms with van der Waals surface area (Å²) >= 11 is 1.57. The number of rotatable bonds is 4. The number of hydrogen-bond acceptors (Lipinski definition) is 4. The number of thiazole rings is 1. The van der Waals surface area contributed by atoms with Gasteiger partial charge >= 0.3 is 12.0 Å². The number of hydrogen-bond donors (Lipinski definition) is 2. The van der Waals surface area contributed by atoms with E-state index in [2.05, 4.69) is 17.2 Å². The van der Waals surface area contributed by atoms with Crippen LogP contribution < -0.4 is 5.32 Å². The zero-order valence-corrected chi connectivity index (χ0v) is 13.2. The van der Waals surface area contributed by atoms with Crippen molar-refractivity contribution < 1.29 is 14.7 Å². The molecule has 1 aromatic rings. The molecule has 0 bridgehead atoms. The van der Waals surface area contributed by atoms with E-state index in [0.29, 0.717) is 25.4 Å². The number of aliphatic carboxylic acids is 1. The van der Waals surface area contributed by atoms with Crippen LogP contribution in [0.15, 0.2) is 6.20 Å². The summed E-state index contributed by atoms with van der Waals surface area (Å²) < 4.78 is 0. The maximum absolute atomic E-state index is 12.2. The van der Waals surface area contributed by atoms with Crippen LogP contribution in [-0.2, 0) is 17.8 Å². The van der Waals surface area contributed by atoms with Gasteiger partial charge in [-0.15, -0.1) is 11.3 Å². The molecule has 0 saturated carbocycles. The molecule has 116 valence electrons. The minimum absolute atomic E-state index is 0.317. The van der Waals surface area contributed by atoms with Crippen molar-refractivity contribution >= 4 is 23.3 Å². The van der Waals surface area contributed by atoms with Crippen molar-refractivity contribution in [3.05, 3.63) is 16.1 Å². The number of carbonyl (C=O) groups excluding carboxylic acids is 1. The third-order valence-electron chi connectivity index (χ3n) is 3.75. The van der Waals surface area contributed by atoms with E-state index in [0.717, 1.165) is 17.8 Å². The first-order chi connectivity index (χ1) is 10.0. The first kappa shape index (κ1) is 15.8. The molecule has 21 heavy (non-hydrogen) atoms. The average Bonchev–Trinajstić information content (AvgIpc) is 2.92. The van der Waals surface area contributed by atoms with E-state index in [1.54, 1.807) is 11.3 Å². The van der Waals surface area contributed by atoms with Gasteiger partial charge in [0, 0.05) is 17.6 Å². The molecule has 0 aliphatic carbocycles. The summed E-state index contributed by atoms with van der Waals surface area (Å²) in [4.78, 5) is 30.3. The SMILES string of the molecule is CCc1cnc(CNC(=O)N2CCC(C)CC2C(=O)O)s1. The largest absolute Gasteiger partial charge is 0.480 e. The zero-order chi connectivity index (χ0) is 15.4. The summed E-state index contributed by atoms with van der Waals surface area (Å²) in [5, 5.41) is 12.9. The average molecular weight is 311 g/mol. The molecule has 0 spiro atoms. The fourth-order valence-corrected chi connectivity index (χ4v) is 3.27. The fourth-order valence-electron chi connectivity index (χ4n) is 2.46. The van der Waals surface area contributed by atoms with Gasteiger partial charge in [-0.25, -0.2) is 14.6 Å². The van der Waals surface area contributed by atoms with Gasteiger partial charge in [-0.2, -0.15) is 0 Å². The standard InChI is InChI=1S/C14H21N3O3S/c1-3-10-7-15-12(21-10)8-16-14(20)17-5-4-9(2)6-11(17)13(18)19/h7,9,11H,3-6,8H2,1-2H3,(H,16,20)(H,18,19). The maximum Gasteiger partial charge on any atom is 0.326 e. The number of urea groups is 1. The lowest BCUT2D eigenvalue weighted by Gasteiger charge is -2.35. The molecule has 0 radical (unpaired) electrons. The second kappa shape index (κ2) is 6.89. The second-order valence-electron chi connectivity index (χ2n) is 5.41. The number of aryl methyl sites for hydroxylation is 1. The lowest BCUT2D eigenvalue weighted by atomic mass is 9.93. The van der Waals surface area contributed by atoms with Gasteiger partial charge < -0.3 is 15.3 Å². The quantitative estimate of drug-likeness (QED) is 0.892. The fraction of sp³-hybridized carbons (Fsp3) is 0.643. The van der Waals surface area contributed by atoms with E-state index >= 15 is 0 Å². The monoisotopic (exact) mass is 311 g/mol. The molecule has 2 amide bonds. The number of nitrogens with one attached hydrogen (secondary N) is 1. The Morgan fingerprint density at radius 1 is 1.57 bits per heavy atom. The smallest absolute Gasteiger partial charge is 0.326 e. The first-order valence-electron chi connectivity index (χ1n) is 7.22. The predicted molar refractivity (Wildman–Crippen MR) is 80.3 cm³/mol. The summed E-state index contributed by atoms with van der Waals surface area (Å²) in [5.41, 5.74) is 0. The van der Waals surface area contributed by atoms with Gasteiger partial charge in [-0.1, -0.05) is 13.8 Å². The number of nitrogens with zero attached hydrogens (tertiary/aromatic N) is 2. The number of carbonyl (C=O) groups is 2. The lowest BCUT2D eigenvalue weighted by molar-refractivity contribution is -0.143. The third-order valence-corrected chi connectivity index (χ3v) is 4.89. The van der Waals surface area contributed by atoms with Crippen LogP contribution in [0.3, 0.4) is 0 Å². The van der Waals surface area contributed by atoms with E-state index < -0.39 is 12.0 Å². The Morgan fingerprint density at radius 3 is 2.95 bits per heavy atom. The molecule has 2 atom stereocenters. The molecule has 1 aliphatic heterocycles. The van der Waals surface area contributed by atoms with E-state index in [1.165, 1.54) is 9.78 Å². The Morgan fingerprint density at radius 2 is 2.33 bits per heavy atom. The Hall–Kier alpha value is -1.63. The molecule has 7 heteroatoms. The summed E-state index contributed by atoms with van der Waals surface area (Å²) in [7, 11) is 0. The van der Waals surface area contributed by atoms with E-state index in [1.807, 2.05) is 13.1 Å². The Balaban J connectivity index is 1.93. The molecule has 1 fully saturated rings. The van der Waals surface area contributed by atoms with Crippen LogP contribution in [0.5, 0.6) is 0 Å². The number of amides is 2. The van der Waals surface area contributed by atoms with Gasteiger partial charge in [0.1, 0.15) is 11.0 Å². The van der Waals surface area contributed by atoms with Crippen LogP contribution in [0.2, 0.25) is 0 Å². The van der Waals surface area contributed by atoms with Gasteiger partial charge in [-0.05, 0) is 25.2 Å². The Bertz CT molecular complexity index is 517. The van der Waals surface area contributed by atoms with Crippen molar-refractivity contribution in [1.29, 1.82) is 0 Å². The number of carboxylic acid groups (broad SMARTS) is 1. The normalized spacial score (nSPS) is 22.1. The zero-order valence-electron chi connectivity index (χ0n) is 12.3. The van der Waals surface area contributed by atoms with Crippen LogP contribution in [0.4, 0.5) is 4.79 Å². The van der Waals surface area contributed by atoms with Crippen molar-refractivity contribution in [3.8, 4) is 0 Å². The highest BCUT2D eigenvalue weighted by atomic mass is 32.1. The van der Waals surface area contributed by atoms with Crippen molar-refractivity contribution in [2.75, 3.05) is 6.54 Å². The van der Waals surface area contributed by atoms with Gasteiger partial charge in [0.15, 0.2) is 0 Å². The number of aromatic nitrogens is 1. The molecule has 2 unspecified atom stereocenters. The van der Waals surface area contributed by atoms with Crippen molar-refractivity contribution in [2.45, 2.75) is 45.7 Å². The summed E-state index contributed by atoms with van der Waals surface area (Å²) in [5.74, 6) is -0.597. The second-order valence-corrected chi connectivity index (χ2v) is 6.61. The first-order valence-corrected chi connectivity index (χ1v) is 8.03. The van der Waals surface area contributed by atoms with Gasteiger partial charge in [-0.3, -0.25) is 0 Å². The molecule has 2 heterocycles. The van der Waals surface area contributed by atoms with Gasteiger partial charge in [0.25, 0.3) is 0 Å². The molecule has 2 N–H and O–H groups in total. The van der Waals surface area contributed by atoms with Crippen LogP contribution in [0.25, 0.3) is 0 Å². The van der Waals surface area contributed by atoms with E-state index in [-0.39, 0.29) is 6.03 Å². The van der Waals surface area contributed by atoms with Crippen LogP contribution in [0, 0.1) is 5.92 Å². The Kier molecular flexibility index (Phi) is 5.17.